The summed E-state index contributed by atoms with van der Waals surface area (Å²) in [6, 6.07) is 1.76. The van der Waals surface area contributed by atoms with Crippen LogP contribution in [0.5, 0.6) is 5.75 Å². The molecule has 0 aliphatic heterocycles. The first kappa shape index (κ1) is 23.4. The standard InChI is InChI=1S/C18H14F5N3O5S/c1-7-12(16(29)26-10(5-27)15(24)28)9-4-8(2-3-11(9)30-7)31-18(22,23)14-13(17(19,20)21)25-6-32-14/h2-4,6,10,27H,5H2,1H3,(H2,24,28)(H,26,29)/t10-/m0/s1. The van der Waals surface area contributed by atoms with Crippen LogP contribution in [0.25, 0.3) is 11.0 Å². The molecule has 2 amide bonds. The van der Waals surface area contributed by atoms with E-state index in [0.717, 1.165) is 12.1 Å². The molecule has 0 radical (unpaired) electrons. The van der Waals surface area contributed by atoms with E-state index in [2.05, 4.69) is 15.0 Å². The van der Waals surface area contributed by atoms with Crippen LogP contribution in [0.2, 0.25) is 0 Å². The molecule has 2 heterocycles. The van der Waals surface area contributed by atoms with E-state index < -0.39 is 53.1 Å². The minimum absolute atomic E-state index is 0.0187. The van der Waals surface area contributed by atoms with Gasteiger partial charge in [0.15, 0.2) is 5.69 Å². The molecule has 0 spiro atoms. The van der Waals surface area contributed by atoms with E-state index in [9.17, 15) is 31.5 Å². The molecule has 0 bridgehead atoms. The molecule has 2 aromatic heterocycles. The number of fused-ring (bicyclic) bond motifs is 1. The monoisotopic (exact) mass is 479 g/mol. The number of hydrogen-bond donors (Lipinski definition) is 3. The van der Waals surface area contributed by atoms with Crippen molar-refractivity contribution in [2.45, 2.75) is 25.3 Å². The molecule has 172 valence electrons. The predicted octanol–water partition coefficient (Wildman–Crippen LogP) is 2.92. The Morgan fingerprint density at radius 1 is 1.31 bits per heavy atom. The molecule has 0 saturated heterocycles. The fourth-order valence-corrected chi connectivity index (χ4v) is 3.55. The summed E-state index contributed by atoms with van der Waals surface area (Å²) in [5.74, 6) is -2.43. The van der Waals surface area contributed by atoms with E-state index >= 15 is 0 Å². The molecule has 0 unspecified atom stereocenters. The number of halogens is 5. The zero-order valence-electron chi connectivity index (χ0n) is 16.0. The van der Waals surface area contributed by atoms with E-state index in [1.165, 1.54) is 13.0 Å². The van der Waals surface area contributed by atoms with E-state index in [1.54, 1.807) is 0 Å². The highest BCUT2D eigenvalue weighted by molar-refractivity contribution is 7.09. The first-order valence-electron chi connectivity index (χ1n) is 8.67. The number of carbonyl (C=O) groups excluding carboxylic acids is 2. The smallest absolute Gasteiger partial charge is 0.438 e. The lowest BCUT2D eigenvalue weighted by Gasteiger charge is -2.18. The number of benzene rings is 1. The molecule has 1 aromatic carbocycles. The van der Waals surface area contributed by atoms with Crippen molar-refractivity contribution in [3.63, 3.8) is 0 Å². The number of aromatic nitrogens is 1. The minimum atomic E-state index is -5.11. The summed E-state index contributed by atoms with van der Waals surface area (Å²) in [5.41, 5.74) is 3.83. The highest BCUT2D eigenvalue weighted by Crippen LogP contribution is 2.42. The Bertz CT molecular complexity index is 1170. The second-order valence-electron chi connectivity index (χ2n) is 6.45. The molecule has 32 heavy (non-hydrogen) atoms. The van der Waals surface area contributed by atoms with Gasteiger partial charge < -0.3 is 25.3 Å². The summed E-state index contributed by atoms with van der Waals surface area (Å²) in [6.07, 6.45) is -9.49. The summed E-state index contributed by atoms with van der Waals surface area (Å²) >= 11 is 0.0742. The third-order valence-electron chi connectivity index (χ3n) is 4.24. The predicted molar refractivity (Wildman–Crippen MR) is 100 cm³/mol. The number of primary amides is 1. The maximum atomic E-state index is 14.5. The number of aliphatic hydroxyl groups is 1. The minimum Gasteiger partial charge on any atom is -0.461 e. The number of nitrogens with two attached hydrogens (primary N) is 1. The van der Waals surface area contributed by atoms with Crippen LogP contribution in [-0.4, -0.2) is 34.6 Å². The Labute approximate surface area is 179 Å². The average Bonchev–Trinajstić information content (AvgIpc) is 3.29. The third kappa shape index (κ3) is 4.50. The van der Waals surface area contributed by atoms with Crippen molar-refractivity contribution in [2.75, 3.05) is 6.61 Å². The van der Waals surface area contributed by atoms with E-state index in [4.69, 9.17) is 15.3 Å². The molecule has 3 rings (SSSR count). The second kappa shape index (κ2) is 8.35. The Morgan fingerprint density at radius 3 is 2.59 bits per heavy atom. The largest absolute Gasteiger partial charge is 0.461 e. The van der Waals surface area contributed by atoms with Gasteiger partial charge in [-0.1, -0.05) is 0 Å². The van der Waals surface area contributed by atoms with Gasteiger partial charge >= 0.3 is 12.3 Å². The van der Waals surface area contributed by atoms with Crippen LogP contribution in [0.1, 0.15) is 26.7 Å². The molecule has 3 aromatic rings. The maximum Gasteiger partial charge on any atom is 0.438 e. The van der Waals surface area contributed by atoms with Gasteiger partial charge in [-0.2, -0.15) is 22.0 Å². The fraction of sp³-hybridized carbons (Fsp3) is 0.278. The van der Waals surface area contributed by atoms with Crippen LogP contribution >= 0.6 is 11.3 Å². The van der Waals surface area contributed by atoms with Gasteiger partial charge in [0, 0.05) is 5.39 Å². The van der Waals surface area contributed by atoms with Crippen molar-refractivity contribution in [3.05, 3.63) is 45.6 Å². The number of hydrogen-bond acceptors (Lipinski definition) is 7. The van der Waals surface area contributed by atoms with Crippen molar-refractivity contribution in [2.24, 2.45) is 5.73 Å². The molecular formula is C18H14F5N3O5S. The van der Waals surface area contributed by atoms with Crippen molar-refractivity contribution in [1.29, 1.82) is 0 Å². The maximum absolute atomic E-state index is 14.5. The first-order valence-corrected chi connectivity index (χ1v) is 9.55. The topological polar surface area (TPSA) is 128 Å². The van der Waals surface area contributed by atoms with Gasteiger partial charge in [0.2, 0.25) is 5.91 Å². The number of aliphatic hydroxyl groups excluding tert-OH is 1. The summed E-state index contributed by atoms with van der Waals surface area (Å²) < 4.78 is 77.7. The number of furan rings is 1. The Morgan fingerprint density at radius 2 is 2.00 bits per heavy atom. The average molecular weight is 479 g/mol. The molecule has 1 atom stereocenters. The van der Waals surface area contributed by atoms with Crippen molar-refractivity contribution >= 4 is 34.1 Å². The molecule has 0 saturated carbocycles. The number of nitrogens with zero attached hydrogens (tertiary/aromatic N) is 1. The number of nitrogens with one attached hydrogen (secondary N) is 1. The summed E-state index contributed by atoms with van der Waals surface area (Å²) in [7, 11) is 0. The number of aryl methyl sites for hydroxylation is 1. The number of ether oxygens (including phenoxy) is 1. The van der Waals surface area contributed by atoms with Gasteiger partial charge in [-0.05, 0) is 25.1 Å². The van der Waals surface area contributed by atoms with E-state index in [0.29, 0.717) is 5.51 Å². The molecule has 14 heteroatoms. The quantitative estimate of drug-likeness (QED) is 0.447. The lowest BCUT2D eigenvalue weighted by atomic mass is 10.1. The van der Waals surface area contributed by atoms with Crippen molar-refractivity contribution < 1.29 is 45.8 Å². The molecule has 0 fully saturated rings. The van der Waals surface area contributed by atoms with Gasteiger partial charge in [-0.3, -0.25) is 9.59 Å². The van der Waals surface area contributed by atoms with Crippen LogP contribution in [-0.2, 0) is 17.1 Å². The first-order chi connectivity index (χ1) is 14.8. The van der Waals surface area contributed by atoms with E-state index in [1.807, 2.05) is 0 Å². The summed E-state index contributed by atoms with van der Waals surface area (Å²) in [4.78, 5) is 25.3. The van der Waals surface area contributed by atoms with Gasteiger partial charge in [-0.25, -0.2) is 4.98 Å². The van der Waals surface area contributed by atoms with Gasteiger partial charge in [0.05, 0.1) is 17.7 Å². The number of alkyl halides is 5. The van der Waals surface area contributed by atoms with Crippen LogP contribution in [0.4, 0.5) is 22.0 Å². The molecule has 4 N–H and O–H groups in total. The highest BCUT2D eigenvalue weighted by atomic mass is 32.1. The van der Waals surface area contributed by atoms with Crippen LogP contribution < -0.4 is 15.8 Å². The summed E-state index contributed by atoms with van der Waals surface area (Å²) in [5, 5.41) is 11.3. The lowest BCUT2D eigenvalue weighted by molar-refractivity contribution is -0.192. The zero-order valence-corrected chi connectivity index (χ0v) is 16.8. The summed E-state index contributed by atoms with van der Waals surface area (Å²) in [6.45, 7) is 0.599. The number of carbonyl (C=O) groups is 2. The zero-order chi connectivity index (χ0) is 23.8. The molecule has 0 aliphatic carbocycles. The highest BCUT2D eigenvalue weighted by Gasteiger charge is 2.47. The Kier molecular flexibility index (Phi) is 6.11. The van der Waals surface area contributed by atoms with Gasteiger partial charge in [0.1, 0.15) is 28.0 Å². The lowest BCUT2D eigenvalue weighted by Crippen LogP contribution is -2.46. The Balaban J connectivity index is 1.96. The Hall–Kier alpha value is -3.26. The number of amides is 2. The normalized spacial score (nSPS) is 13.2. The third-order valence-corrected chi connectivity index (χ3v) is 5.12. The van der Waals surface area contributed by atoms with Crippen LogP contribution in [0, 0.1) is 6.92 Å². The number of rotatable bonds is 7. The number of thiazole rings is 1. The van der Waals surface area contributed by atoms with Gasteiger partial charge in [-0.15, -0.1) is 11.3 Å². The van der Waals surface area contributed by atoms with Crippen LogP contribution in [0.3, 0.4) is 0 Å². The molecule has 0 aliphatic rings. The molecular weight excluding hydrogens is 465 g/mol. The second-order valence-corrected chi connectivity index (χ2v) is 7.30. The van der Waals surface area contributed by atoms with Crippen molar-refractivity contribution in [3.8, 4) is 5.75 Å². The van der Waals surface area contributed by atoms with Crippen molar-refractivity contribution in [1.82, 2.24) is 10.3 Å². The van der Waals surface area contributed by atoms with Gasteiger partial charge in [0.25, 0.3) is 5.91 Å². The van der Waals surface area contributed by atoms with E-state index in [-0.39, 0.29) is 33.6 Å². The van der Waals surface area contributed by atoms with Crippen LogP contribution in [0.15, 0.2) is 28.1 Å². The molecule has 8 nitrogen and oxygen atoms in total. The fourth-order valence-electron chi connectivity index (χ4n) is 2.83. The SMILES string of the molecule is Cc1oc2ccc(OC(F)(F)c3scnc3C(F)(F)F)cc2c1C(=O)N[C@@H](CO)C(N)=O.